The number of aromatic nitrogens is 4. The highest BCUT2D eigenvalue weighted by atomic mass is 16.3. The number of aryl methyl sites for hydroxylation is 1. The van der Waals surface area contributed by atoms with E-state index in [4.69, 9.17) is 0 Å². The van der Waals surface area contributed by atoms with Gasteiger partial charge in [-0.05, 0) is 25.7 Å². The van der Waals surface area contributed by atoms with Crippen LogP contribution >= 0.6 is 0 Å². The first-order valence-corrected chi connectivity index (χ1v) is 8.10. The number of hydrogen-bond donors (Lipinski definition) is 3. The monoisotopic (exact) mass is 330 g/mol. The van der Waals surface area contributed by atoms with Gasteiger partial charge in [0.15, 0.2) is 0 Å². The first-order valence-electron chi connectivity index (χ1n) is 8.10. The summed E-state index contributed by atoms with van der Waals surface area (Å²) in [5.74, 6) is 0.475. The van der Waals surface area contributed by atoms with Crippen molar-refractivity contribution in [2.45, 2.75) is 31.9 Å². The molecule has 2 aromatic rings. The molecule has 0 unspecified atom stereocenters. The van der Waals surface area contributed by atoms with E-state index in [1.165, 1.54) is 12.4 Å². The normalized spacial score (nSPS) is 21.0. The summed E-state index contributed by atoms with van der Waals surface area (Å²) < 4.78 is 1.71. The number of anilines is 1. The molecule has 8 heteroatoms. The van der Waals surface area contributed by atoms with E-state index >= 15 is 0 Å². The van der Waals surface area contributed by atoms with Gasteiger partial charge in [-0.25, -0.2) is 9.97 Å². The quantitative estimate of drug-likeness (QED) is 0.726. The molecule has 1 fully saturated rings. The van der Waals surface area contributed by atoms with Gasteiger partial charge in [0.1, 0.15) is 0 Å². The first-order chi connectivity index (χ1) is 11.6. The van der Waals surface area contributed by atoms with Crippen LogP contribution in [-0.4, -0.2) is 43.4 Å². The zero-order chi connectivity index (χ0) is 17.1. The predicted molar refractivity (Wildman–Crippen MR) is 88.3 cm³/mol. The lowest BCUT2D eigenvalue weighted by atomic mass is 9.75. The lowest BCUT2D eigenvalue weighted by Crippen LogP contribution is -2.41. The molecule has 2 aromatic heterocycles. The minimum absolute atomic E-state index is 0.178. The SMILES string of the molecule is CCNc1ncc(C(=O)N[C@H](c2cnn(C)c2)C2CC(O)C2)cn1. The molecule has 0 bridgehead atoms. The van der Waals surface area contributed by atoms with Crippen molar-refractivity contribution in [1.29, 1.82) is 0 Å². The summed E-state index contributed by atoms with van der Waals surface area (Å²) in [5, 5.41) is 19.8. The summed E-state index contributed by atoms with van der Waals surface area (Å²) in [6.07, 6.45) is 7.73. The molecule has 2 heterocycles. The second-order valence-corrected chi connectivity index (χ2v) is 6.11. The summed E-state index contributed by atoms with van der Waals surface area (Å²) in [5.41, 5.74) is 1.35. The Bertz CT molecular complexity index is 693. The van der Waals surface area contributed by atoms with Crippen molar-refractivity contribution in [2.24, 2.45) is 13.0 Å². The lowest BCUT2D eigenvalue weighted by Gasteiger charge is -2.37. The molecule has 8 nitrogen and oxygen atoms in total. The van der Waals surface area contributed by atoms with Crippen LogP contribution in [0.1, 0.15) is 41.7 Å². The van der Waals surface area contributed by atoms with E-state index in [9.17, 15) is 9.90 Å². The number of rotatable bonds is 6. The highest BCUT2D eigenvalue weighted by Gasteiger charge is 2.36. The van der Waals surface area contributed by atoms with Crippen molar-refractivity contribution in [3.8, 4) is 0 Å². The standard InChI is InChI=1S/C16H22N6O2/c1-3-17-16-18-6-11(7-19-16)15(24)21-14(10-4-13(23)5-10)12-8-20-22(2)9-12/h6-10,13-14,23H,3-5H2,1-2H3,(H,21,24)(H,17,18,19)/t10?,13?,14-/m0/s1. The van der Waals surface area contributed by atoms with Crippen LogP contribution in [0.25, 0.3) is 0 Å². The van der Waals surface area contributed by atoms with Gasteiger partial charge in [0, 0.05) is 37.7 Å². The number of carbonyl (C=O) groups excluding carboxylic acids is 1. The molecule has 1 aliphatic rings. The van der Waals surface area contributed by atoms with Gasteiger partial charge >= 0.3 is 0 Å². The number of aliphatic hydroxyl groups is 1. The van der Waals surface area contributed by atoms with Gasteiger partial charge in [0.2, 0.25) is 5.95 Å². The van der Waals surface area contributed by atoms with Crippen molar-refractivity contribution >= 4 is 11.9 Å². The molecular formula is C16H22N6O2. The van der Waals surface area contributed by atoms with E-state index in [0.29, 0.717) is 24.4 Å². The van der Waals surface area contributed by atoms with E-state index in [2.05, 4.69) is 25.7 Å². The Labute approximate surface area is 140 Å². The van der Waals surface area contributed by atoms with E-state index in [1.807, 2.05) is 20.2 Å². The maximum atomic E-state index is 12.5. The maximum Gasteiger partial charge on any atom is 0.254 e. The molecule has 0 saturated heterocycles. The molecule has 24 heavy (non-hydrogen) atoms. The average Bonchev–Trinajstić information content (AvgIpc) is 2.97. The van der Waals surface area contributed by atoms with Crippen molar-refractivity contribution in [3.63, 3.8) is 0 Å². The molecule has 3 N–H and O–H groups in total. The fraction of sp³-hybridized carbons (Fsp3) is 0.500. The van der Waals surface area contributed by atoms with Crippen molar-refractivity contribution in [2.75, 3.05) is 11.9 Å². The van der Waals surface area contributed by atoms with Crippen molar-refractivity contribution in [3.05, 3.63) is 35.9 Å². The molecule has 1 aliphatic carbocycles. The third-order valence-electron chi connectivity index (χ3n) is 4.24. The fourth-order valence-corrected chi connectivity index (χ4v) is 2.90. The van der Waals surface area contributed by atoms with Crippen LogP contribution in [0.5, 0.6) is 0 Å². The summed E-state index contributed by atoms with van der Waals surface area (Å²) in [6.45, 7) is 2.67. The Morgan fingerprint density at radius 3 is 2.62 bits per heavy atom. The van der Waals surface area contributed by atoms with Crippen LogP contribution in [0.2, 0.25) is 0 Å². The molecule has 0 aliphatic heterocycles. The molecule has 1 saturated carbocycles. The molecular weight excluding hydrogens is 308 g/mol. The zero-order valence-electron chi connectivity index (χ0n) is 13.8. The second kappa shape index (κ2) is 6.96. The number of carbonyl (C=O) groups is 1. The van der Waals surface area contributed by atoms with Crippen LogP contribution in [0, 0.1) is 5.92 Å². The fourth-order valence-electron chi connectivity index (χ4n) is 2.90. The summed E-state index contributed by atoms with van der Waals surface area (Å²) in [4.78, 5) is 20.8. The van der Waals surface area contributed by atoms with Gasteiger partial charge in [-0.2, -0.15) is 5.10 Å². The molecule has 0 aromatic carbocycles. The summed E-state index contributed by atoms with van der Waals surface area (Å²) in [7, 11) is 1.84. The van der Waals surface area contributed by atoms with Gasteiger partial charge < -0.3 is 15.7 Å². The molecule has 0 radical (unpaired) electrons. The van der Waals surface area contributed by atoms with E-state index in [-0.39, 0.29) is 24.0 Å². The lowest BCUT2D eigenvalue weighted by molar-refractivity contribution is 0.0235. The minimum Gasteiger partial charge on any atom is -0.393 e. The number of nitrogens with zero attached hydrogens (tertiary/aromatic N) is 4. The number of aliphatic hydroxyl groups excluding tert-OH is 1. The first kappa shape index (κ1) is 16.4. The Kier molecular flexibility index (Phi) is 4.75. The number of amides is 1. The zero-order valence-corrected chi connectivity index (χ0v) is 13.8. The maximum absolute atomic E-state index is 12.5. The van der Waals surface area contributed by atoms with E-state index in [0.717, 1.165) is 12.1 Å². The largest absolute Gasteiger partial charge is 0.393 e. The summed E-state index contributed by atoms with van der Waals surface area (Å²) >= 11 is 0. The van der Waals surface area contributed by atoms with Gasteiger partial charge in [0.25, 0.3) is 5.91 Å². The third-order valence-corrected chi connectivity index (χ3v) is 4.24. The van der Waals surface area contributed by atoms with Gasteiger partial charge in [-0.1, -0.05) is 0 Å². The summed E-state index contributed by atoms with van der Waals surface area (Å²) in [6, 6.07) is -0.178. The van der Waals surface area contributed by atoms with Crippen molar-refractivity contribution < 1.29 is 9.90 Å². The Morgan fingerprint density at radius 1 is 1.38 bits per heavy atom. The topological polar surface area (TPSA) is 105 Å². The van der Waals surface area contributed by atoms with E-state index in [1.54, 1.807) is 10.9 Å². The minimum atomic E-state index is -0.284. The van der Waals surface area contributed by atoms with Crippen molar-refractivity contribution in [1.82, 2.24) is 25.1 Å². The third kappa shape index (κ3) is 3.53. The van der Waals surface area contributed by atoms with Gasteiger partial charge in [-0.15, -0.1) is 0 Å². The van der Waals surface area contributed by atoms with Crippen LogP contribution in [0.3, 0.4) is 0 Å². The smallest absolute Gasteiger partial charge is 0.254 e. The number of nitrogens with one attached hydrogen (secondary N) is 2. The Morgan fingerprint density at radius 2 is 2.08 bits per heavy atom. The Hall–Kier alpha value is -2.48. The molecule has 0 spiro atoms. The van der Waals surface area contributed by atoms with Crippen LogP contribution in [-0.2, 0) is 7.05 Å². The van der Waals surface area contributed by atoms with Crippen LogP contribution in [0.15, 0.2) is 24.8 Å². The molecule has 128 valence electrons. The second-order valence-electron chi connectivity index (χ2n) is 6.11. The molecule has 1 amide bonds. The number of hydrogen-bond acceptors (Lipinski definition) is 6. The van der Waals surface area contributed by atoms with Crippen LogP contribution < -0.4 is 10.6 Å². The highest BCUT2D eigenvalue weighted by Crippen LogP contribution is 2.38. The predicted octanol–water partition coefficient (Wildman–Crippen LogP) is 0.884. The van der Waals surface area contributed by atoms with Gasteiger partial charge in [-0.3, -0.25) is 9.48 Å². The molecule has 3 rings (SSSR count). The molecule has 1 atom stereocenters. The Balaban J connectivity index is 1.73. The van der Waals surface area contributed by atoms with Crippen LogP contribution in [0.4, 0.5) is 5.95 Å². The highest BCUT2D eigenvalue weighted by molar-refractivity contribution is 5.94. The average molecular weight is 330 g/mol. The van der Waals surface area contributed by atoms with E-state index < -0.39 is 0 Å². The van der Waals surface area contributed by atoms with Gasteiger partial charge in [0.05, 0.1) is 23.9 Å².